The molecule has 174 valence electrons. The van der Waals surface area contributed by atoms with Crippen molar-refractivity contribution in [1.82, 2.24) is 14.9 Å². The molecule has 4 rings (SSSR count). The molecular formula is C25H23Cl2N5O2. The number of pyridine rings is 1. The Labute approximate surface area is 208 Å². The Balaban J connectivity index is 1.47. The Morgan fingerprint density at radius 1 is 0.971 bits per heavy atom. The molecule has 2 heterocycles. The summed E-state index contributed by atoms with van der Waals surface area (Å²) in [7, 11) is 0. The highest BCUT2D eigenvalue weighted by Crippen LogP contribution is 2.20. The van der Waals surface area contributed by atoms with Gasteiger partial charge in [-0.3, -0.25) is 14.6 Å². The fourth-order valence-electron chi connectivity index (χ4n) is 3.63. The van der Waals surface area contributed by atoms with Crippen molar-refractivity contribution >= 4 is 46.9 Å². The van der Waals surface area contributed by atoms with Gasteiger partial charge in [0.2, 0.25) is 5.91 Å². The van der Waals surface area contributed by atoms with Crippen molar-refractivity contribution in [2.45, 2.75) is 0 Å². The van der Waals surface area contributed by atoms with E-state index in [2.05, 4.69) is 27.1 Å². The molecule has 0 spiro atoms. The Morgan fingerprint density at radius 3 is 2.35 bits per heavy atom. The summed E-state index contributed by atoms with van der Waals surface area (Å²) in [6.07, 6.45) is 4.50. The summed E-state index contributed by atoms with van der Waals surface area (Å²) in [4.78, 5) is 34.2. The van der Waals surface area contributed by atoms with Gasteiger partial charge in [0.1, 0.15) is 6.54 Å². The van der Waals surface area contributed by atoms with Crippen molar-refractivity contribution in [3.05, 3.63) is 94.2 Å². The highest BCUT2D eigenvalue weighted by Gasteiger charge is 2.25. The maximum absolute atomic E-state index is 13.1. The van der Waals surface area contributed by atoms with Crippen molar-refractivity contribution < 1.29 is 9.59 Å². The minimum atomic E-state index is -0.403. The third-order valence-corrected chi connectivity index (χ3v) is 6.06. The van der Waals surface area contributed by atoms with E-state index in [9.17, 15) is 9.59 Å². The van der Waals surface area contributed by atoms with Gasteiger partial charge in [0.15, 0.2) is 0 Å². The summed E-state index contributed by atoms with van der Waals surface area (Å²) in [6, 6.07) is 18.3. The Bertz CT molecular complexity index is 1170. The third-order valence-electron chi connectivity index (χ3n) is 5.50. The molecular weight excluding hydrogens is 473 g/mol. The van der Waals surface area contributed by atoms with Crippen molar-refractivity contribution in [3.8, 4) is 0 Å². The molecule has 1 aliphatic heterocycles. The average Bonchev–Trinajstić information content (AvgIpc) is 2.88. The van der Waals surface area contributed by atoms with Crippen LogP contribution in [0, 0.1) is 0 Å². The van der Waals surface area contributed by atoms with Crippen molar-refractivity contribution in [3.63, 3.8) is 0 Å². The monoisotopic (exact) mass is 495 g/mol. The molecule has 0 saturated carbocycles. The van der Waals surface area contributed by atoms with Crippen LogP contribution in [0.5, 0.6) is 0 Å². The fourth-order valence-corrected chi connectivity index (χ4v) is 4.08. The number of carbonyl (C=O) groups excluding carboxylic acids is 2. The zero-order valence-corrected chi connectivity index (χ0v) is 19.9. The first-order chi connectivity index (χ1) is 16.5. The molecule has 0 bridgehead atoms. The molecule has 1 fully saturated rings. The van der Waals surface area contributed by atoms with E-state index in [1.165, 1.54) is 18.6 Å². The third kappa shape index (κ3) is 5.92. The van der Waals surface area contributed by atoms with E-state index < -0.39 is 5.91 Å². The first kappa shape index (κ1) is 23.7. The van der Waals surface area contributed by atoms with Crippen molar-refractivity contribution in [2.75, 3.05) is 37.6 Å². The lowest BCUT2D eigenvalue weighted by molar-refractivity contribution is -0.132. The predicted octanol–water partition coefficient (Wildman–Crippen LogP) is 4.21. The first-order valence-electron chi connectivity index (χ1n) is 10.8. The van der Waals surface area contributed by atoms with Crippen LogP contribution in [0.4, 0.5) is 5.69 Å². The summed E-state index contributed by atoms with van der Waals surface area (Å²) >= 11 is 12.2. The maximum Gasteiger partial charge on any atom is 0.274 e. The lowest BCUT2D eigenvalue weighted by Gasteiger charge is -2.36. The quantitative estimate of drug-likeness (QED) is 0.379. The van der Waals surface area contributed by atoms with E-state index in [1.54, 1.807) is 35.2 Å². The summed E-state index contributed by atoms with van der Waals surface area (Å²) in [6.45, 7) is 2.39. The van der Waals surface area contributed by atoms with Crippen LogP contribution in [0.1, 0.15) is 15.9 Å². The first-order valence-corrected chi connectivity index (χ1v) is 11.6. The molecule has 0 radical (unpaired) electrons. The molecule has 1 aromatic heterocycles. The van der Waals surface area contributed by atoms with E-state index in [1.807, 2.05) is 18.2 Å². The standard InChI is InChI=1S/C25H23Cl2N5O2/c26-21-7-6-20(23(27)16-21)17-29-32(25(34)19-8-10-28-11-9-19)18-24(33)31-14-12-30(13-15-31)22-4-2-1-3-5-22/h1-11,16-17H,12-15,18H2/b29-17+. The largest absolute Gasteiger partial charge is 0.368 e. The van der Waals surface area contributed by atoms with Crippen LogP contribution in [0.3, 0.4) is 0 Å². The summed E-state index contributed by atoms with van der Waals surface area (Å²) in [5.41, 5.74) is 2.10. The molecule has 34 heavy (non-hydrogen) atoms. The molecule has 0 unspecified atom stereocenters. The molecule has 0 N–H and O–H groups in total. The molecule has 7 nitrogen and oxygen atoms in total. The molecule has 1 aliphatic rings. The van der Waals surface area contributed by atoms with Gasteiger partial charge in [-0.25, -0.2) is 5.01 Å². The molecule has 3 aromatic rings. The van der Waals surface area contributed by atoms with E-state index in [-0.39, 0.29) is 12.5 Å². The molecule has 2 aromatic carbocycles. The number of halogens is 2. The van der Waals surface area contributed by atoms with Gasteiger partial charge in [0.25, 0.3) is 5.91 Å². The van der Waals surface area contributed by atoms with Gasteiger partial charge in [0, 0.05) is 60.4 Å². The minimum absolute atomic E-state index is 0.172. The molecule has 1 saturated heterocycles. The van der Waals surface area contributed by atoms with Crippen LogP contribution >= 0.6 is 23.2 Å². The number of nitrogens with zero attached hydrogens (tertiary/aromatic N) is 5. The minimum Gasteiger partial charge on any atom is -0.368 e. The van der Waals surface area contributed by atoms with Crippen LogP contribution in [-0.4, -0.2) is 65.6 Å². The number of para-hydroxylation sites is 1. The Hall–Kier alpha value is -3.42. The number of carbonyl (C=O) groups is 2. The number of rotatable bonds is 6. The lowest BCUT2D eigenvalue weighted by atomic mass is 10.2. The van der Waals surface area contributed by atoms with Gasteiger partial charge >= 0.3 is 0 Å². The van der Waals surface area contributed by atoms with Gasteiger partial charge in [-0.15, -0.1) is 0 Å². The number of aromatic nitrogens is 1. The highest BCUT2D eigenvalue weighted by molar-refractivity contribution is 6.36. The van der Waals surface area contributed by atoms with Crippen molar-refractivity contribution in [2.24, 2.45) is 5.10 Å². The molecule has 0 aliphatic carbocycles. The van der Waals surface area contributed by atoms with Crippen LogP contribution < -0.4 is 4.90 Å². The topological polar surface area (TPSA) is 69.1 Å². The number of hydrogen-bond acceptors (Lipinski definition) is 5. The second-order valence-corrected chi connectivity index (χ2v) is 8.56. The molecule has 9 heteroatoms. The Kier molecular flexibility index (Phi) is 7.77. The predicted molar refractivity (Wildman–Crippen MR) is 135 cm³/mol. The summed E-state index contributed by atoms with van der Waals surface area (Å²) < 4.78 is 0. The molecule has 0 atom stereocenters. The van der Waals surface area contributed by atoms with Gasteiger partial charge < -0.3 is 9.80 Å². The van der Waals surface area contributed by atoms with Gasteiger partial charge in [-0.1, -0.05) is 47.5 Å². The number of hydrogen-bond donors (Lipinski definition) is 0. The van der Waals surface area contributed by atoms with Gasteiger partial charge in [-0.05, 0) is 36.4 Å². The highest BCUT2D eigenvalue weighted by atomic mass is 35.5. The summed E-state index contributed by atoms with van der Waals surface area (Å²) in [5.74, 6) is -0.575. The van der Waals surface area contributed by atoms with E-state index in [0.29, 0.717) is 34.3 Å². The van der Waals surface area contributed by atoms with Crippen molar-refractivity contribution in [1.29, 1.82) is 0 Å². The smallest absolute Gasteiger partial charge is 0.274 e. The number of amides is 2. The lowest BCUT2D eigenvalue weighted by Crippen LogP contribution is -2.51. The average molecular weight is 496 g/mol. The maximum atomic E-state index is 13.1. The van der Waals surface area contributed by atoms with Crippen LogP contribution in [0.2, 0.25) is 10.0 Å². The van der Waals surface area contributed by atoms with Gasteiger partial charge in [-0.2, -0.15) is 5.10 Å². The second kappa shape index (κ2) is 11.1. The second-order valence-electron chi connectivity index (χ2n) is 7.71. The number of hydrazone groups is 1. The molecule has 2 amide bonds. The number of anilines is 1. The van der Waals surface area contributed by atoms with E-state index in [0.717, 1.165) is 23.8 Å². The summed E-state index contributed by atoms with van der Waals surface area (Å²) in [5, 5.41) is 6.37. The van der Waals surface area contributed by atoms with Gasteiger partial charge in [0.05, 0.1) is 11.2 Å². The number of piperazine rings is 1. The number of benzene rings is 2. The zero-order valence-electron chi connectivity index (χ0n) is 18.3. The Morgan fingerprint density at radius 2 is 1.68 bits per heavy atom. The SMILES string of the molecule is O=C(CN(/N=C/c1ccc(Cl)cc1Cl)C(=O)c1ccncc1)N1CCN(c2ccccc2)CC1. The van der Waals surface area contributed by atoms with E-state index in [4.69, 9.17) is 23.2 Å². The van der Waals surface area contributed by atoms with Crippen LogP contribution in [-0.2, 0) is 4.79 Å². The van der Waals surface area contributed by atoms with Crippen LogP contribution in [0.15, 0.2) is 78.2 Å². The normalized spacial score (nSPS) is 13.8. The fraction of sp³-hybridized carbons (Fsp3) is 0.200. The van der Waals surface area contributed by atoms with Crippen LogP contribution in [0.25, 0.3) is 0 Å². The van der Waals surface area contributed by atoms with E-state index >= 15 is 0 Å². The zero-order chi connectivity index (χ0) is 23.9.